The molecule has 0 spiro atoms. The van der Waals surface area contributed by atoms with Gasteiger partial charge >= 0.3 is 6.18 Å². The number of hydrogen-bond donors (Lipinski definition) is 2. The van der Waals surface area contributed by atoms with Crippen LogP contribution < -0.4 is 10.6 Å². The van der Waals surface area contributed by atoms with E-state index in [9.17, 15) is 13.2 Å². The Kier molecular flexibility index (Phi) is 6.19. The molecule has 0 saturated heterocycles. The Morgan fingerprint density at radius 2 is 1.92 bits per heavy atom. The summed E-state index contributed by atoms with van der Waals surface area (Å²) in [5.41, 5.74) is 1.14. The van der Waals surface area contributed by atoms with Crippen molar-refractivity contribution in [1.82, 2.24) is 15.6 Å². The van der Waals surface area contributed by atoms with Crippen LogP contribution in [0.15, 0.2) is 34.6 Å². The van der Waals surface area contributed by atoms with Crippen LogP contribution in [0.4, 0.5) is 13.2 Å². The van der Waals surface area contributed by atoms with Crippen molar-refractivity contribution in [3.8, 4) is 0 Å². The van der Waals surface area contributed by atoms with E-state index in [2.05, 4.69) is 20.6 Å². The molecule has 0 aliphatic heterocycles. The van der Waals surface area contributed by atoms with Gasteiger partial charge in [0.15, 0.2) is 5.96 Å². The van der Waals surface area contributed by atoms with E-state index in [0.717, 1.165) is 34.8 Å². The molecule has 1 aromatic carbocycles. The Hall–Kier alpha value is -2.09. The van der Waals surface area contributed by atoms with Crippen molar-refractivity contribution >= 4 is 17.3 Å². The topological polar surface area (TPSA) is 49.3 Å². The molecular formula is C16H19F3N4S. The molecule has 2 N–H and O–H groups in total. The Bertz CT molecular complexity index is 677. The van der Waals surface area contributed by atoms with Gasteiger partial charge in [-0.05, 0) is 24.6 Å². The lowest BCUT2D eigenvalue weighted by Gasteiger charge is -2.12. The summed E-state index contributed by atoms with van der Waals surface area (Å²) in [5, 5.41) is 9.29. The first kappa shape index (κ1) is 18.3. The highest BCUT2D eigenvalue weighted by Crippen LogP contribution is 2.28. The van der Waals surface area contributed by atoms with Gasteiger partial charge in [0.1, 0.15) is 0 Å². The molecule has 0 radical (unpaired) electrons. The molecule has 0 aliphatic rings. The lowest BCUT2D eigenvalue weighted by Crippen LogP contribution is -2.37. The molecule has 24 heavy (non-hydrogen) atoms. The summed E-state index contributed by atoms with van der Waals surface area (Å²) in [4.78, 5) is 8.47. The quantitative estimate of drug-likeness (QED) is 0.638. The molecule has 0 unspecified atom stereocenters. The molecule has 0 amide bonds. The molecule has 130 valence electrons. The summed E-state index contributed by atoms with van der Waals surface area (Å²) >= 11 is 1.61. The highest BCUT2D eigenvalue weighted by molar-refractivity contribution is 7.09. The van der Waals surface area contributed by atoms with Gasteiger partial charge in [0, 0.05) is 31.9 Å². The maximum Gasteiger partial charge on any atom is 0.416 e. The number of aliphatic imine (C=N–C) groups is 1. The number of thiazole rings is 1. The van der Waals surface area contributed by atoms with Gasteiger partial charge in [-0.3, -0.25) is 4.99 Å². The molecule has 1 heterocycles. The predicted octanol–water partition coefficient (Wildman–Crippen LogP) is 3.38. The number of aryl methyl sites for hydroxylation is 1. The minimum Gasteiger partial charge on any atom is -0.356 e. The summed E-state index contributed by atoms with van der Waals surface area (Å²) in [6.45, 7) is 3.04. The third-order valence-electron chi connectivity index (χ3n) is 3.30. The molecule has 0 saturated carbocycles. The first-order chi connectivity index (χ1) is 11.4. The van der Waals surface area contributed by atoms with E-state index in [4.69, 9.17) is 0 Å². The highest BCUT2D eigenvalue weighted by atomic mass is 32.1. The maximum atomic E-state index is 12.5. The molecule has 0 fully saturated rings. The minimum atomic E-state index is -4.31. The van der Waals surface area contributed by atoms with Crippen LogP contribution in [0.2, 0.25) is 0 Å². The summed E-state index contributed by atoms with van der Waals surface area (Å²) in [6.07, 6.45) is -3.52. The summed E-state index contributed by atoms with van der Waals surface area (Å²) in [6, 6.07) is 5.08. The summed E-state index contributed by atoms with van der Waals surface area (Å²) < 4.78 is 37.6. The van der Waals surface area contributed by atoms with Gasteiger partial charge in [-0.2, -0.15) is 13.2 Å². The number of alkyl halides is 3. The second-order valence-electron chi connectivity index (χ2n) is 5.16. The minimum absolute atomic E-state index is 0.396. The molecule has 4 nitrogen and oxygen atoms in total. The van der Waals surface area contributed by atoms with Gasteiger partial charge in [-0.25, -0.2) is 4.98 Å². The number of aromatic nitrogens is 1. The lowest BCUT2D eigenvalue weighted by atomic mass is 10.1. The zero-order chi connectivity index (χ0) is 17.6. The van der Waals surface area contributed by atoms with Crippen molar-refractivity contribution in [2.75, 3.05) is 13.6 Å². The Balaban J connectivity index is 1.78. The van der Waals surface area contributed by atoms with Crippen LogP contribution in [-0.2, 0) is 19.1 Å². The third kappa shape index (κ3) is 5.52. The van der Waals surface area contributed by atoms with E-state index < -0.39 is 11.7 Å². The number of nitrogens with one attached hydrogen (secondary N) is 2. The fourth-order valence-corrected chi connectivity index (χ4v) is 2.70. The van der Waals surface area contributed by atoms with Gasteiger partial charge in [0.2, 0.25) is 0 Å². The van der Waals surface area contributed by atoms with E-state index in [1.165, 1.54) is 12.1 Å². The zero-order valence-electron chi connectivity index (χ0n) is 13.4. The second-order valence-corrected chi connectivity index (χ2v) is 6.22. The molecule has 0 atom stereocenters. The van der Waals surface area contributed by atoms with Crippen molar-refractivity contribution in [3.63, 3.8) is 0 Å². The largest absolute Gasteiger partial charge is 0.416 e. The van der Waals surface area contributed by atoms with Gasteiger partial charge in [-0.1, -0.05) is 12.1 Å². The Morgan fingerprint density at radius 1 is 1.21 bits per heavy atom. The van der Waals surface area contributed by atoms with Crippen LogP contribution in [-0.4, -0.2) is 24.5 Å². The normalized spacial score (nSPS) is 12.3. The monoisotopic (exact) mass is 356 g/mol. The number of hydrogen-bond acceptors (Lipinski definition) is 3. The van der Waals surface area contributed by atoms with Crippen molar-refractivity contribution in [2.45, 2.75) is 26.1 Å². The van der Waals surface area contributed by atoms with E-state index in [1.807, 2.05) is 12.3 Å². The van der Waals surface area contributed by atoms with Crippen LogP contribution in [0.5, 0.6) is 0 Å². The fourth-order valence-electron chi connectivity index (χ4n) is 2.05. The summed E-state index contributed by atoms with van der Waals surface area (Å²) in [7, 11) is 1.65. The molecule has 0 bridgehead atoms. The molecular weight excluding hydrogens is 337 g/mol. The molecule has 2 aromatic rings. The molecule has 2 rings (SSSR count). The van der Waals surface area contributed by atoms with Crippen molar-refractivity contribution in [3.05, 3.63) is 51.5 Å². The van der Waals surface area contributed by atoms with Crippen molar-refractivity contribution in [2.24, 2.45) is 4.99 Å². The number of benzene rings is 1. The standard InChI is InChI=1S/C16H19F3N4S/c1-11-23-14(10-24-11)7-8-21-15(20-2)22-9-12-3-5-13(6-4-12)16(17,18)19/h3-6,10H,7-9H2,1-2H3,(H2,20,21,22). The second kappa shape index (κ2) is 8.14. The van der Waals surface area contributed by atoms with Gasteiger partial charge in [0.25, 0.3) is 0 Å². The van der Waals surface area contributed by atoms with Crippen molar-refractivity contribution in [1.29, 1.82) is 0 Å². The smallest absolute Gasteiger partial charge is 0.356 e. The Morgan fingerprint density at radius 3 is 2.46 bits per heavy atom. The van der Waals surface area contributed by atoms with Crippen LogP contribution in [0.3, 0.4) is 0 Å². The van der Waals surface area contributed by atoms with E-state index in [-0.39, 0.29) is 0 Å². The third-order valence-corrected chi connectivity index (χ3v) is 4.13. The fraction of sp³-hybridized carbons (Fsp3) is 0.375. The number of nitrogens with zero attached hydrogens (tertiary/aromatic N) is 2. The number of rotatable bonds is 5. The SMILES string of the molecule is CN=C(NCCc1csc(C)n1)NCc1ccc(C(F)(F)F)cc1. The first-order valence-corrected chi connectivity index (χ1v) is 8.28. The molecule has 8 heteroatoms. The first-order valence-electron chi connectivity index (χ1n) is 7.40. The van der Waals surface area contributed by atoms with Gasteiger partial charge in [-0.15, -0.1) is 11.3 Å². The molecule has 0 aliphatic carbocycles. The average Bonchev–Trinajstić information content (AvgIpc) is 2.95. The lowest BCUT2D eigenvalue weighted by molar-refractivity contribution is -0.137. The maximum absolute atomic E-state index is 12.5. The average molecular weight is 356 g/mol. The van der Waals surface area contributed by atoms with Gasteiger partial charge < -0.3 is 10.6 Å². The number of halogens is 3. The van der Waals surface area contributed by atoms with Crippen LogP contribution in [0, 0.1) is 6.92 Å². The van der Waals surface area contributed by atoms with Crippen LogP contribution in [0.25, 0.3) is 0 Å². The Labute approximate surface area is 142 Å². The highest BCUT2D eigenvalue weighted by Gasteiger charge is 2.29. The van der Waals surface area contributed by atoms with E-state index in [1.54, 1.807) is 18.4 Å². The number of guanidine groups is 1. The summed E-state index contributed by atoms with van der Waals surface area (Å²) in [5.74, 6) is 0.599. The van der Waals surface area contributed by atoms with E-state index >= 15 is 0 Å². The molecule has 1 aromatic heterocycles. The van der Waals surface area contributed by atoms with Crippen LogP contribution in [0.1, 0.15) is 21.8 Å². The predicted molar refractivity (Wildman–Crippen MR) is 90.2 cm³/mol. The van der Waals surface area contributed by atoms with Crippen LogP contribution >= 0.6 is 11.3 Å². The zero-order valence-corrected chi connectivity index (χ0v) is 14.3. The van der Waals surface area contributed by atoms with Crippen molar-refractivity contribution < 1.29 is 13.2 Å². The van der Waals surface area contributed by atoms with E-state index in [0.29, 0.717) is 19.0 Å². The van der Waals surface area contributed by atoms with Gasteiger partial charge in [0.05, 0.1) is 16.3 Å².